The van der Waals surface area contributed by atoms with Gasteiger partial charge in [0.15, 0.2) is 0 Å². The van der Waals surface area contributed by atoms with Crippen LogP contribution in [0.2, 0.25) is 0 Å². The molecule has 2 nitrogen and oxygen atoms in total. The third kappa shape index (κ3) is 3.68. The van der Waals surface area contributed by atoms with Crippen LogP contribution in [0.1, 0.15) is 39.5 Å². The Morgan fingerprint density at radius 2 is 1.88 bits per heavy atom. The van der Waals surface area contributed by atoms with Gasteiger partial charge in [-0.15, -0.1) is 0 Å². The second-order valence-electron chi connectivity index (χ2n) is 5.67. The summed E-state index contributed by atoms with van der Waals surface area (Å²) in [6, 6.07) is 0.730. The molecule has 2 aliphatic carbocycles. The third-order valence-corrected chi connectivity index (χ3v) is 3.73. The highest BCUT2D eigenvalue weighted by Gasteiger charge is 2.28. The van der Waals surface area contributed by atoms with Gasteiger partial charge >= 0.3 is 0 Å². The Hall–Kier alpha value is -0.600. The molecule has 0 unspecified atom stereocenters. The molecule has 96 valence electrons. The minimum Gasteiger partial charge on any atom is -0.378 e. The number of allylic oxidation sites excluding steroid dienone is 2. The molecule has 0 saturated heterocycles. The Labute approximate surface area is 105 Å². The van der Waals surface area contributed by atoms with Gasteiger partial charge in [-0.25, -0.2) is 0 Å². The topological polar surface area (TPSA) is 21.3 Å². The van der Waals surface area contributed by atoms with Crippen molar-refractivity contribution >= 4 is 0 Å². The molecular weight excluding hydrogens is 210 g/mol. The maximum atomic E-state index is 5.80. The first-order valence-corrected chi connectivity index (χ1v) is 6.92. The predicted octanol–water partition coefficient (Wildman–Crippen LogP) is 3.06. The fraction of sp³-hybridized carbons (Fsp3) is 0.733. The highest BCUT2D eigenvalue weighted by atomic mass is 16.5. The maximum absolute atomic E-state index is 5.80. The van der Waals surface area contributed by atoms with E-state index in [0.717, 1.165) is 19.2 Å². The van der Waals surface area contributed by atoms with Crippen LogP contribution in [0.15, 0.2) is 24.3 Å². The first-order chi connectivity index (χ1) is 8.20. The molecule has 0 heterocycles. The highest BCUT2D eigenvalue weighted by Crippen LogP contribution is 2.27. The van der Waals surface area contributed by atoms with E-state index < -0.39 is 0 Å². The van der Waals surface area contributed by atoms with Crippen molar-refractivity contribution < 1.29 is 4.74 Å². The largest absolute Gasteiger partial charge is 0.378 e. The molecule has 0 atom stereocenters. The summed E-state index contributed by atoms with van der Waals surface area (Å²) in [6.07, 6.45) is 14.6. The van der Waals surface area contributed by atoms with Crippen molar-refractivity contribution in [1.82, 2.24) is 5.32 Å². The van der Waals surface area contributed by atoms with Crippen LogP contribution in [0.25, 0.3) is 0 Å². The SMILES string of the molecule is CC(C)OCC1(CNC2CCCC2)C=CC=C1. The maximum Gasteiger partial charge on any atom is 0.0607 e. The second-order valence-corrected chi connectivity index (χ2v) is 5.67. The molecule has 0 amide bonds. The van der Waals surface area contributed by atoms with Gasteiger partial charge in [0.1, 0.15) is 0 Å². The smallest absolute Gasteiger partial charge is 0.0607 e. The minimum absolute atomic E-state index is 0.0901. The normalized spacial score (nSPS) is 23.0. The first-order valence-electron chi connectivity index (χ1n) is 6.92. The monoisotopic (exact) mass is 235 g/mol. The van der Waals surface area contributed by atoms with Crippen LogP contribution < -0.4 is 5.32 Å². The third-order valence-electron chi connectivity index (χ3n) is 3.73. The zero-order valence-corrected chi connectivity index (χ0v) is 11.1. The molecule has 0 aromatic heterocycles. The van der Waals surface area contributed by atoms with Crippen molar-refractivity contribution in [2.45, 2.75) is 51.7 Å². The Bertz CT molecular complexity index is 275. The van der Waals surface area contributed by atoms with Crippen molar-refractivity contribution in [3.63, 3.8) is 0 Å². The van der Waals surface area contributed by atoms with E-state index in [9.17, 15) is 0 Å². The summed E-state index contributed by atoms with van der Waals surface area (Å²) in [6.45, 7) is 6.00. The van der Waals surface area contributed by atoms with Crippen molar-refractivity contribution in [1.29, 1.82) is 0 Å². The van der Waals surface area contributed by atoms with Gasteiger partial charge < -0.3 is 10.1 Å². The Morgan fingerprint density at radius 1 is 1.24 bits per heavy atom. The average Bonchev–Trinajstić information content (AvgIpc) is 2.96. The molecule has 2 aliphatic rings. The average molecular weight is 235 g/mol. The van der Waals surface area contributed by atoms with E-state index in [4.69, 9.17) is 4.74 Å². The summed E-state index contributed by atoms with van der Waals surface area (Å²) in [5, 5.41) is 3.71. The molecule has 2 heteroatoms. The molecule has 1 saturated carbocycles. The fourth-order valence-electron chi connectivity index (χ4n) is 2.60. The van der Waals surface area contributed by atoms with Crippen LogP contribution in [0.3, 0.4) is 0 Å². The molecule has 0 aromatic carbocycles. The fourth-order valence-corrected chi connectivity index (χ4v) is 2.60. The lowest BCUT2D eigenvalue weighted by atomic mass is 9.90. The quantitative estimate of drug-likeness (QED) is 0.764. The Balaban J connectivity index is 1.83. The lowest BCUT2D eigenvalue weighted by Crippen LogP contribution is -2.39. The van der Waals surface area contributed by atoms with Crippen LogP contribution in [-0.2, 0) is 4.74 Å². The first kappa shape index (κ1) is 12.8. The van der Waals surface area contributed by atoms with Gasteiger partial charge in [-0.2, -0.15) is 0 Å². The molecule has 0 bridgehead atoms. The molecule has 2 rings (SSSR count). The molecule has 0 aliphatic heterocycles. The molecular formula is C15H25NO. The highest BCUT2D eigenvalue weighted by molar-refractivity contribution is 5.26. The van der Waals surface area contributed by atoms with Gasteiger partial charge in [0.25, 0.3) is 0 Å². The lowest BCUT2D eigenvalue weighted by Gasteiger charge is -2.28. The van der Waals surface area contributed by atoms with E-state index in [1.54, 1.807) is 0 Å². The molecule has 0 spiro atoms. The lowest BCUT2D eigenvalue weighted by molar-refractivity contribution is 0.0414. The van der Waals surface area contributed by atoms with Crippen molar-refractivity contribution in [3.8, 4) is 0 Å². The predicted molar refractivity (Wildman–Crippen MR) is 72.1 cm³/mol. The summed E-state index contributed by atoms with van der Waals surface area (Å²) in [5.41, 5.74) is 0.0901. The number of rotatable bonds is 6. The van der Waals surface area contributed by atoms with Crippen LogP contribution in [-0.4, -0.2) is 25.3 Å². The van der Waals surface area contributed by atoms with Gasteiger partial charge in [0, 0.05) is 18.0 Å². The Morgan fingerprint density at radius 3 is 2.47 bits per heavy atom. The van der Waals surface area contributed by atoms with Crippen LogP contribution in [0.4, 0.5) is 0 Å². The van der Waals surface area contributed by atoms with Gasteiger partial charge in [-0.1, -0.05) is 37.1 Å². The number of nitrogens with one attached hydrogen (secondary N) is 1. The second kappa shape index (κ2) is 5.83. The van der Waals surface area contributed by atoms with Crippen LogP contribution >= 0.6 is 0 Å². The number of hydrogen-bond donors (Lipinski definition) is 1. The van der Waals surface area contributed by atoms with Crippen molar-refractivity contribution in [3.05, 3.63) is 24.3 Å². The zero-order valence-electron chi connectivity index (χ0n) is 11.1. The number of hydrogen-bond acceptors (Lipinski definition) is 2. The molecule has 17 heavy (non-hydrogen) atoms. The molecule has 1 N–H and O–H groups in total. The van der Waals surface area contributed by atoms with E-state index in [1.165, 1.54) is 25.7 Å². The Kier molecular flexibility index (Phi) is 4.41. The van der Waals surface area contributed by atoms with Gasteiger partial charge in [0.2, 0.25) is 0 Å². The molecule has 1 fully saturated rings. The summed E-state index contributed by atoms with van der Waals surface area (Å²) in [5.74, 6) is 0. The summed E-state index contributed by atoms with van der Waals surface area (Å²) >= 11 is 0. The summed E-state index contributed by atoms with van der Waals surface area (Å²) in [4.78, 5) is 0. The number of ether oxygens (including phenoxy) is 1. The van der Waals surface area contributed by atoms with E-state index in [-0.39, 0.29) is 5.41 Å². The van der Waals surface area contributed by atoms with E-state index in [1.807, 2.05) is 0 Å². The van der Waals surface area contributed by atoms with Gasteiger partial charge in [0.05, 0.1) is 12.7 Å². The van der Waals surface area contributed by atoms with Crippen LogP contribution in [0, 0.1) is 5.41 Å². The molecule has 0 radical (unpaired) electrons. The standard InChI is InChI=1S/C15H25NO/c1-13(2)17-12-15(9-5-6-10-15)11-16-14-7-3-4-8-14/h5-6,9-10,13-14,16H,3-4,7-8,11-12H2,1-2H3. The summed E-state index contributed by atoms with van der Waals surface area (Å²) < 4.78 is 5.80. The van der Waals surface area contributed by atoms with Crippen molar-refractivity contribution in [2.24, 2.45) is 5.41 Å². The summed E-state index contributed by atoms with van der Waals surface area (Å²) in [7, 11) is 0. The van der Waals surface area contributed by atoms with Gasteiger partial charge in [-0.3, -0.25) is 0 Å². The van der Waals surface area contributed by atoms with Gasteiger partial charge in [-0.05, 0) is 26.7 Å². The molecule has 0 aromatic rings. The van der Waals surface area contributed by atoms with Crippen LogP contribution in [0.5, 0.6) is 0 Å². The minimum atomic E-state index is 0.0901. The van der Waals surface area contributed by atoms with Crippen molar-refractivity contribution in [2.75, 3.05) is 13.2 Å². The van der Waals surface area contributed by atoms with E-state index >= 15 is 0 Å². The van der Waals surface area contributed by atoms with E-state index in [0.29, 0.717) is 6.10 Å². The zero-order chi connectivity index (χ0) is 12.1. The van der Waals surface area contributed by atoms with E-state index in [2.05, 4.69) is 43.5 Å².